The van der Waals surface area contributed by atoms with Crippen LogP contribution < -0.4 is 0 Å². The summed E-state index contributed by atoms with van der Waals surface area (Å²) < 4.78 is 1.01. The number of halogens is 1. The molecule has 0 aliphatic carbocycles. The summed E-state index contributed by atoms with van der Waals surface area (Å²) in [6.45, 7) is 1.58. The van der Waals surface area contributed by atoms with Gasteiger partial charge in [0.15, 0.2) is 5.12 Å². The van der Waals surface area contributed by atoms with Crippen molar-refractivity contribution >= 4 is 32.8 Å². The molecule has 1 nitrogen and oxygen atoms in total. The van der Waals surface area contributed by atoms with Crippen LogP contribution in [0.4, 0.5) is 0 Å². The number of carbonyl (C=O) groups excluding carboxylic acids is 1. The number of hydrogen-bond donors (Lipinski definition) is 0. The lowest BCUT2D eigenvalue weighted by molar-refractivity contribution is -0.109. The zero-order valence-corrected chi connectivity index (χ0v) is 10.8. The smallest absolute Gasteiger partial charge is 0.185 e. The monoisotopic (exact) mass is 282 g/mol. The Kier molecular flexibility index (Phi) is 5.52. The highest BCUT2D eigenvalue weighted by Crippen LogP contribution is 2.14. The lowest BCUT2D eigenvalue weighted by Crippen LogP contribution is -1.84. The molecule has 0 fully saturated rings. The van der Waals surface area contributed by atoms with E-state index in [9.17, 15) is 4.79 Å². The van der Waals surface area contributed by atoms with Crippen LogP contribution in [-0.2, 0) is 4.79 Å². The fourth-order valence-electron chi connectivity index (χ4n) is 0.966. The van der Waals surface area contributed by atoms with Crippen molar-refractivity contribution in [1.82, 2.24) is 0 Å². The van der Waals surface area contributed by atoms with Crippen molar-refractivity contribution in [3.8, 4) is 11.8 Å². The van der Waals surface area contributed by atoms with Crippen molar-refractivity contribution < 1.29 is 4.79 Å². The molecular weight excluding hydrogens is 272 g/mol. The van der Waals surface area contributed by atoms with E-state index in [1.54, 1.807) is 6.92 Å². The summed E-state index contributed by atoms with van der Waals surface area (Å²) in [7, 11) is 0. The highest BCUT2D eigenvalue weighted by Gasteiger charge is 1.93. The van der Waals surface area contributed by atoms with Gasteiger partial charge in [-0.25, -0.2) is 0 Å². The first-order valence-corrected chi connectivity index (χ1v) is 6.35. The second-order valence-electron chi connectivity index (χ2n) is 2.87. The van der Waals surface area contributed by atoms with Gasteiger partial charge in [0, 0.05) is 29.1 Å². The molecule has 15 heavy (non-hydrogen) atoms. The minimum Gasteiger partial charge on any atom is -0.288 e. The van der Waals surface area contributed by atoms with E-state index in [0.717, 1.165) is 22.2 Å². The van der Waals surface area contributed by atoms with Crippen molar-refractivity contribution in [3.63, 3.8) is 0 Å². The third-order valence-electron chi connectivity index (χ3n) is 1.63. The zero-order chi connectivity index (χ0) is 11.1. The molecule has 0 aromatic heterocycles. The standard InChI is InChI=1S/C12H11BrOS/c1-10(14)15-9-5-4-7-11-6-2-3-8-12(11)13/h2-3,6,8H,5,9H2,1H3. The van der Waals surface area contributed by atoms with Crippen LogP contribution in [0.5, 0.6) is 0 Å². The summed E-state index contributed by atoms with van der Waals surface area (Å²) in [5.74, 6) is 6.88. The first kappa shape index (κ1) is 12.4. The highest BCUT2D eigenvalue weighted by molar-refractivity contribution is 9.10. The molecule has 0 saturated carbocycles. The molecule has 78 valence electrons. The quantitative estimate of drug-likeness (QED) is 0.610. The Hall–Kier alpha value is -0.720. The van der Waals surface area contributed by atoms with Crippen molar-refractivity contribution in [2.75, 3.05) is 5.75 Å². The van der Waals surface area contributed by atoms with Gasteiger partial charge in [0.25, 0.3) is 0 Å². The molecule has 0 radical (unpaired) electrons. The number of thioether (sulfide) groups is 1. The maximum absolute atomic E-state index is 10.6. The minimum absolute atomic E-state index is 0.151. The average Bonchev–Trinajstić information content (AvgIpc) is 2.20. The van der Waals surface area contributed by atoms with Crippen LogP contribution >= 0.6 is 27.7 Å². The van der Waals surface area contributed by atoms with Crippen LogP contribution in [-0.4, -0.2) is 10.9 Å². The van der Waals surface area contributed by atoms with Crippen LogP contribution in [0.15, 0.2) is 28.7 Å². The molecule has 1 rings (SSSR count). The Bertz CT molecular complexity index is 404. The third kappa shape index (κ3) is 5.06. The molecule has 1 aromatic rings. The van der Waals surface area contributed by atoms with E-state index >= 15 is 0 Å². The van der Waals surface area contributed by atoms with Crippen molar-refractivity contribution in [1.29, 1.82) is 0 Å². The van der Waals surface area contributed by atoms with Gasteiger partial charge in [0.1, 0.15) is 0 Å². The predicted octanol–water partition coefficient (Wildman–Crippen LogP) is 3.47. The van der Waals surface area contributed by atoms with Crippen LogP contribution in [0.3, 0.4) is 0 Å². The van der Waals surface area contributed by atoms with E-state index in [4.69, 9.17) is 0 Å². The van der Waals surface area contributed by atoms with Crippen LogP contribution in [0.2, 0.25) is 0 Å². The van der Waals surface area contributed by atoms with Gasteiger partial charge in [0.05, 0.1) is 0 Å². The van der Waals surface area contributed by atoms with Crippen LogP contribution in [0, 0.1) is 11.8 Å². The first-order valence-electron chi connectivity index (χ1n) is 4.57. The molecule has 0 amide bonds. The Morgan fingerprint density at radius 1 is 1.47 bits per heavy atom. The molecule has 0 unspecified atom stereocenters. The second-order valence-corrected chi connectivity index (χ2v) is 5.00. The van der Waals surface area contributed by atoms with E-state index in [1.807, 2.05) is 24.3 Å². The first-order chi connectivity index (χ1) is 7.20. The molecule has 1 aromatic carbocycles. The van der Waals surface area contributed by atoms with Crippen molar-refractivity contribution in [3.05, 3.63) is 34.3 Å². The molecule has 0 bridgehead atoms. The summed E-state index contributed by atoms with van der Waals surface area (Å²) >= 11 is 4.74. The van der Waals surface area contributed by atoms with Gasteiger partial charge >= 0.3 is 0 Å². The maximum Gasteiger partial charge on any atom is 0.185 e. The summed E-state index contributed by atoms with van der Waals surface area (Å²) in [5, 5.41) is 0.151. The fraction of sp³-hybridized carbons (Fsp3) is 0.250. The number of benzene rings is 1. The Labute approximate surface area is 103 Å². The Balaban J connectivity index is 2.45. The number of carbonyl (C=O) groups is 1. The average molecular weight is 283 g/mol. The van der Waals surface area contributed by atoms with Crippen molar-refractivity contribution in [2.45, 2.75) is 13.3 Å². The molecule has 0 aliphatic rings. The molecular formula is C12H11BrOS. The summed E-state index contributed by atoms with van der Waals surface area (Å²) in [4.78, 5) is 10.6. The lowest BCUT2D eigenvalue weighted by atomic mass is 10.2. The maximum atomic E-state index is 10.6. The fourth-order valence-corrected chi connectivity index (χ4v) is 1.84. The van der Waals surface area contributed by atoms with Gasteiger partial charge in [-0.05, 0) is 28.1 Å². The minimum atomic E-state index is 0.151. The molecule has 0 aliphatic heterocycles. The molecule has 3 heteroatoms. The molecule has 0 heterocycles. The van der Waals surface area contributed by atoms with Crippen molar-refractivity contribution in [2.24, 2.45) is 0 Å². The topological polar surface area (TPSA) is 17.1 Å². The highest BCUT2D eigenvalue weighted by atomic mass is 79.9. The normalized spacial score (nSPS) is 9.20. The van der Waals surface area contributed by atoms with E-state index in [1.165, 1.54) is 11.8 Å². The SMILES string of the molecule is CC(=O)SCCC#Cc1ccccc1Br. The number of rotatable bonds is 2. The number of hydrogen-bond acceptors (Lipinski definition) is 2. The van der Waals surface area contributed by atoms with Gasteiger partial charge in [-0.2, -0.15) is 0 Å². The summed E-state index contributed by atoms with van der Waals surface area (Å²) in [5.41, 5.74) is 0.991. The molecule has 0 spiro atoms. The van der Waals surface area contributed by atoms with Gasteiger partial charge in [0.2, 0.25) is 0 Å². The van der Waals surface area contributed by atoms with Crippen LogP contribution in [0.25, 0.3) is 0 Å². The van der Waals surface area contributed by atoms with E-state index in [0.29, 0.717) is 0 Å². The van der Waals surface area contributed by atoms with Gasteiger partial charge < -0.3 is 0 Å². The third-order valence-corrected chi connectivity index (χ3v) is 3.14. The van der Waals surface area contributed by atoms with Crippen LogP contribution in [0.1, 0.15) is 18.9 Å². The van der Waals surface area contributed by atoms with E-state index in [2.05, 4.69) is 27.8 Å². The van der Waals surface area contributed by atoms with Gasteiger partial charge in [-0.1, -0.05) is 35.7 Å². The Morgan fingerprint density at radius 2 is 2.20 bits per heavy atom. The van der Waals surface area contributed by atoms with E-state index in [-0.39, 0.29) is 5.12 Å². The van der Waals surface area contributed by atoms with Gasteiger partial charge in [-0.15, -0.1) is 0 Å². The molecule has 0 N–H and O–H groups in total. The Morgan fingerprint density at radius 3 is 2.87 bits per heavy atom. The largest absolute Gasteiger partial charge is 0.288 e. The summed E-state index contributed by atoms with van der Waals surface area (Å²) in [6.07, 6.45) is 0.742. The zero-order valence-electron chi connectivity index (χ0n) is 8.42. The lowest BCUT2D eigenvalue weighted by Gasteiger charge is -1.93. The predicted molar refractivity (Wildman–Crippen MR) is 68.8 cm³/mol. The second kappa shape index (κ2) is 6.71. The van der Waals surface area contributed by atoms with E-state index < -0.39 is 0 Å². The summed E-state index contributed by atoms with van der Waals surface area (Å²) in [6, 6.07) is 7.85. The molecule has 0 atom stereocenters. The molecule has 0 saturated heterocycles. The van der Waals surface area contributed by atoms with Gasteiger partial charge in [-0.3, -0.25) is 4.79 Å².